The van der Waals surface area contributed by atoms with E-state index in [1.165, 1.54) is 18.2 Å². The molecule has 2 saturated carbocycles. The van der Waals surface area contributed by atoms with Crippen molar-refractivity contribution in [2.75, 3.05) is 6.26 Å². The van der Waals surface area contributed by atoms with Crippen LogP contribution in [0, 0.1) is 17.2 Å². The quantitative estimate of drug-likeness (QED) is 0.576. The Kier molecular flexibility index (Phi) is 6.61. The molecule has 1 aromatic heterocycles. The molecule has 3 rings (SSSR count). The molecule has 0 aromatic carbocycles. The normalized spacial score (nSPS) is 22.8. The minimum Gasteiger partial charge on any atom is -0.449 e. The fourth-order valence-corrected chi connectivity index (χ4v) is 4.21. The van der Waals surface area contributed by atoms with Crippen molar-refractivity contribution in [3.8, 4) is 6.07 Å². The van der Waals surface area contributed by atoms with Gasteiger partial charge in [0.05, 0.1) is 11.1 Å². The molecule has 7 heteroatoms. The summed E-state index contributed by atoms with van der Waals surface area (Å²) in [5.74, 6) is -0.155. The van der Waals surface area contributed by atoms with Crippen LogP contribution in [0.25, 0.3) is 0 Å². The first-order valence-electron chi connectivity index (χ1n) is 9.95. The molecule has 0 aliphatic heterocycles. The zero-order valence-corrected chi connectivity index (χ0v) is 17.5. The predicted molar refractivity (Wildman–Crippen MR) is 107 cm³/mol. The van der Waals surface area contributed by atoms with Crippen LogP contribution in [0.4, 0.5) is 0 Å². The lowest BCUT2D eigenvalue weighted by Crippen LogP contribution is -2.46. The monoisotopic (exact) mass is 401 g/mol. The molecule has 0 spiro atoms. The number of pyridine rings is 1. The maximum atomic E-state index is 12.8. The number of nitrogens with zero attached hydrogens (tertiary/aromatic N) is 2. The molecule has 150 valence electrons. The second-order valence-electron chi connectivity index (χ2n) is 7.79. The fourth-order valence-electron chi connectivity index (χ4n) is 3.65. The minimum absolute atomic E-state index is 0.127. The van der Waals surface area contributed by atoms with E-state index in [-0.39, 0.29) is 23.1 Å². The third kappa shape index (κ3) is 4.67. The van der Waals surface area contributed by atoms with Crippen LogP contribution in [0.2, 0.25) is 0 Å². The van der Waals surface area contributed by atoms with E-state index in [4.69, 9.17) is 4.74 Å². The molecule has 0 bridgehead atoms. The van der Waals surface area contributed by atoms with Crippen LogP contribution in [-0.4, -0.2) is 35.3 Å². The van der Waals surface area contributed by atoms with Gasteiger partial charge in [0.25, 0.3) is 5.91 Å². The number of amides is 1. The van der Waals surface area contributed by atoms with Crippen LogP contribution in [-0.2, 0) is 9.53 Å². The van der Waals surface area contributed by atoms with E-state index in [2.05, 4.69) is 23.3 Å². The van der Waals surface area contributed by atoms with Gasteiger partial charge in [0.2, 0.25) is 0 Å². The van der Waals surface area contributed by atoms with Crippen LogP contribution in [0.1, 0.15) is 79.9 Å². The third-order valence-electron chi connectivity index (χ3n) is 5.62. The van der Waals surface area contributed by atoms with Crippen LogP contribution in [0.3, 0.4) is 0 Å². The first-order valence-corrected chi connectivity index (χ1v) is 11.2. The first kappa shape index (κ1) is 20.7. The van der Waals surface area contributed by atoms with E-state index in [0.29, 0.717) is 16.9 Å². The van der Waals surface area contributed by atoms with Crippen molar-refractivity contribution in [2.24, 2.45) is 5.92 Å². The average Bonchev–Trinajstić information content (AvgIpc) is 3.53. The summed E-state index contributed by atoms with van der Waals surface area (Å²) in [5.41, 5.74) is 1.24. The van der Waals surface area contributed by atoms with Gasteiger partial charge in [-0.2, -0.15) is 5.26 Å². The maximum Gasteiger partial charge on any atom is 0.340 e. The predicted octanol–water partition coefficient (Wildman–Crippen LogP) is 3.79. The molecule has 6 nitrogen and oxygen atoms in total. The summed E-state index contributed by atoms with van der Waals surface area (Å²) in [6, 6.07) is 3.86. The van der Waals surface area contributed by atoms with Gasteiger partial charge in [-0.15, -0.1) is 11.8 Å². The lowest BCUT2D eigenvalue weighted by Gasteiger charge is -2.30. The Morgan fingerprint density at radius 2 is 2.04 bits per heavy atom. The Morgan fingerprint density at radius 1 is 1.32 bits per heavy atom. The van der Waals surface area contributed by atoms with Crippen molar-refractivity contribution in [1.82, 2.24) is 10.3 Å². The summed E-state index contributed by atoms with van der Waals surface area (Å²) in [7, 11) is 0. The molecule has 1 aromatic rings. The summed E-state index contributed by atoms with van der Waals surface area (Å²) in [4.78, 5) is 29.8. The molecule has 2 fully saturated rings. The van der Waals surface area contributed by atoms with Gasteiger partial charge < -0.3 is 10.1 Å². The molecule has 0 unspecified atom stereocenters. The topological polar surface area (TPSA) is 92.1 Å². The number of esters is 1. The highest BCUT2D eigenvalue weighted by Crippen LogP contribution is 2.40. The smallest absolute Gasteiger partial charge is 0.340 e. The number of carbonyl (C=O) groups is 2. The van der Waals surface area contributed by atoms with E-state index in [9.17, 15) is 14.9 Å². The summed E-state index contributed by atoms with van der Waals surface area (Å²) in [5, 5.41) is 13.1. The molecule has 1 heterocycles. The fraction of sp³-hybridized carbons (Fsp3) is 0.619. The number of thioether (sulfide) groups is 1. The summed E-state index contributed by atoms with van der Waals surface area (Å²) < 4.78 is 5.43. The zero-order valence-electron chi connectivity index (χ0n) is 16.7. The molecule has 1 N–H and O–H groups in total. The second kappa shape index (κ2) is 8.95. The Morgan fingerprint density at radius 3 is 2.64 bits per heavy atom. The van der Waals surface area contributed by atoms with Gasteiger partial charge in [0.15, 0.2) is 6.10 Å². The lowest BCUT2D eigenvalue weighted by atomic mass is 9.86. The van der Waals surface area contributed by atoms with Gasteiger partial charge >= 0.3 is 5.97 Å². The van der Waals surface area contributed by atoms with Crippen LogP contribution >= 0.6 is 11.8 Å². The van der Waals surface area contributed by atoms with E-state index < -0.39 is 12.1 Å². The number of aromatic nitrogens is 1. The van der Waals surface area contributed by atoms with Gasteiger partial charge in [0.1, 0.15) is 11.1 Å². The standard InChI is InChI=1S/C21H27N3O3S/c1-12-6-4-5-7-17(12)23-19(25)13(2)27-21(26)15-10-18(14-8-9-14)24-20(28-3)16(15)11-22/h10,12-14,17H,4-9H2,1-3H3,(H,23,25)/t12-,13-,17-/m1/s1. The summed E-state index contributed by atoms with van der Waals surface area (Å²) >= 11 is 1.34. The van der Waals surface area contributed by atoms with E-state index in [1.807, 2.05) is 6.26 Å². The number of nitrogens with one attached hydrogen (secondary N) is 1. The Bertz CT molecular complexity index is 801. The molecule has 3 atom stereocenters. The molecule has 1 amide bonds. The zero-order chi connectivity index (χ0) is 20.3. The molecule has 2 aliphatic carbocycles. The minimum atomic E-state index is -0.913. The average molecular weight is 402 g/mol. The van der Waals surface area contributed by atoms with E-state index >= 15 is 0 Å². The number of carbonyl (C=O) groups excluding carboxylic acids is 2. The number of rotatable bonds is 6. The number of nitriles is 1. The van der Waals surface area contributed by atoms with Crippen LogP contribution in [0.15, 0.2) is 11.1 Å². The third-order valence-corrected chi connectivity index (χ3v) is 6.30. The van der Waals surface area contributed by atoms with Crippen molar-refractivity contribution in [2.45, 2.75) is 75.5 Å². The van der Waals surface area contributed by atoms with Gasteiger partial charge in [-0.3, -0.25) is 4.79 Å². The Labute approximate surface area is 170 Å². The van der Waals surface area contributed by atoms with Crippen molar-refractivity contribution in [3.63, 3.8) is 0 Å². The van der Waals surface area contributed by atoms with E-state index in [1.54, 1.807) is 13.0 Å². The largest absolute Gasteiger partial charge is 0.449 e. The second-order valence-corrected chi connectivity index (χ2v) is 8.58. The Balaban J connectivity index is 1.72. The Hall–Kier alpha value is -2.07. The highest BCUT2D eigenvalue weighted by molar-refractivity contribution is 7.98. The highest BCUT2D eigenvalue weighted by atomic mass is 32.2. The number of ether oxygens (including phenoxy) is 1. The summed E-state index contributed by atoms with van der Waals surface area (Å²) in [6.07, 6.45) is 7.35. The van der Waals surface area contributed by atoms with Crippen molar-refractivity contribution in [3.05, 3.63) is 22.9 Å². The molecule has 28 heavy (non-hydrogen) atoms. The van der Waals surface area contributed by atoms with Gasteiger partial charge in [-0.1, -0.05) is 19.8 Å². The highest BCUT2D eigenvalue weighted by Gasteiger charge is 2.31. The summed E-state index contributed by atoms with van der Waals surface area (Å²) in [6.45, 7) is 3.71. The number of hydrogen-bond donors (Lipinski definition) is 1. The van der Waals surface area contributed by atoms with Crippen LogP contribution < -0.4 is 5.32 Å². The lowest BCUT2D eigenvalue weighted by molar-refractivity contribution is -0.130. The molecular weight excluding hydrogens is 374 g/mol. The molecule has 0 radical (unpaired) electrons. The molecule has 2 aliphatic rings. The van der Waals surface area contributed by atoms with Crippen molar-refractivity contribution >= 4 is 23.6 Å². The number of hydrogen-bond acceptors (Lipinski definition) is 6. The van der Waals surface area contributed by atoms with Crippen molar-refractivity contribution < 1.29 is 14.3 Å². The van der Waals surface area contributed by atoms with Crippen molar-refractivity contribution in [1.29, 1.82) is 5.26 Å². The SMILES string of the molecule is CSc1nc(C2CC2)cc(C(=O)O[C@H](C)C(=O)N[C@@H]2CCCC[C@H]2C)c1C#N. The molecular formula is C21H27N3O3S. The molecule has 0 saturated heterocycles. The van der Waals surface area contributed by atoms with Crippen LogP contribution in [0.5, 0.6) is 0 Å². The van der Waals surface area contributed by atoms with Gasteiger partial charge in [-0.05, 0) is 50.8 Å². The van der Waals surface area contributed by atoms with E-state index in [0.717, 1.165) is 37.8 Å². The van der Waals surface area contributed by atoms with Gasteiger partial charge in [-0.25, -0.2) is 9.78 Å². The van der Waals surface area contributed by atoms with Gasteiger partial charge in [0, 0.05) is 17.7 Å². The first-order chi connectivity index (χ1) is 13.4. The maximum absolute atomic E-state index is 12.8.